The van der Waals surface area contributed by atoms with Crippen molar-refractivity contribution in [3.8, 4) is 0 Å². The van der Waals surface area contributed by atoms with Crippen molar-refractivity contribution in [2.75, 3.05) is 18.0 Å². The van der Waals surface area contributed by atoms with E-state index in [0.29, 0.717) is 24.0 Å². The fourth-order valence-electron chi connectivity index (χ4n) is 3.92. The molecule has 1 heterocycles. The van der Waals surface area contributed by atoms with E-state index in [-0.39, 0.29) is 12.0 Å². The molecule has 1 N–H and O–H groups in total. The van der Waals surface area contributed by atoms with Crippen LogP contribution in [0.4, 0.5) is 10.1 Å². The van der Waals surface area contributed by atoms with Crippen LogP contribution in [0.25, 0.3) is 0 Å². The van der Waals surface area contributed by atoms with Crippen molar-refractivity contribution in [1.29, 1.82) is 0 Å². The van der Waals surface area contributed by atoms with Gasteiger partial charge in [-0.1, -0.05) is 44.2 Å². The van der Waals surface area contributed by atoms with E-state index in [9.17, 15) is 4.39 Å². The second kappa shape index (κ2) is 9.55. The number of anilines is 1. The third kappa shape index (κ3) is 5.06. The van der Waals surface area contributed by atoms with Crippen LogP contribution in [0.2, 0.25) is 0 Å². The number of nitrogens with one attached hydrogen (secondary N) is 1. The highest BCUT2D eigenvalue weighted by molar-refractivity contribution is 5.56. The lowest BCUT2D eigenvalue weighted by Gasteiger charge is -2.39. The lowest BCUT2D eigenvalue weighted by Crippen LogP contribution is -2.45. The van der Waals surface area contributed by atoms with E-state index >= 15 is 0 Å². The number of allylic oxidation sites excluding steroid dienone is 1. The number of nitrogens with zero attached hydrogens (tertiary/aromatic N) is 1. The Labute approximate surface area is 174 Å². The van der Waals surface area contributed by atoms with Gasteiger partial charge in [-0.3, -0.25) is 0 Å². The minimum Gasteiger partial charge on any atom is -0.354 e. The summed E-state index contributed by atoms with van der Waals surface area (Å²) < 4.78 is 20.3. The lowest BCUT2D eigenvalue weighted by atomic mass is 9.89. The molecule has 1 aliphatic heterocycles. The summed E-state index contributed by atoms with van der Waals surface area (Å²) >= 11 is 0. The fraction of sp³-hybridized carbons (Fsp3) is 0.440. The quantitative estimate of drug-likeness (QED) is 0.583. The highest BCUT2D eigenvalue weighted by atomic mass is 19.1. The Hall–Kier alpha value is -2.17. The van der Waals surface area contributed by atoms with Crippen LogP contribution in [-0.2, 0) is 11.3 Å². The monoisotopic (exact) mass is 396 g/mol. The van der Waals surface area contributed by atoms with Gasteiger partial charge in [0.15, 0.2) is 0 Å². The van der Waals surface area contributed by atoms with Crippen LogP contribution in [0.5, 0.6) is 0 Å². The zero-order valence-corrected chi connectivity index (χ0v) is 18.2. The molecular weight excluding hydrogens is 363 g/mol. The number of hydrogen-bond acceptors (Lipinski definition) is 3. The summed E-state index contributed by atoms with van der Waals surface area (Å²) in [5.41, 5.74) is 5.41. The van der Waals surface area contributed by atoms with Crippen molar-refractivity contribution in [3.05, 3.63) is 76.7 Å². The highest BCUT2D eigenvalue weighted by Crippen LogP contribution is 2.33. The van der Waals surface area contributed by atoms with Crippen LogP contribution >= 0.6 is 0 Å². The molecular formula is C25H33FN2O. The fourth-order valence-corrected chi connectivity index (χ4v) is 3.92. The van der Waals surface area contributed by atoms with Gasteiger partial charge in [0, 0.05) is 30.4 Å². The molecule has 3 nitrogen and oxygen atoms in total. The van der Waals surface area contributed by atoms with Gasteiger partial charge in [0.1, 0.15) is 12.0 Å². The predicted molar refractivity (Wildman–Crippen MR) is 118 cm³/mol. The van der Waals surface area contributed by atoms with Crippen molar-refractivity contribution in [1.82, 2.24) is 5.32 Å². The average molecular weight is 397 g/mol. The molecule has 1 aliphatic rings. The average Bonchev–Trinajstić information content (AvgIpc) is 2.65. The van der Waals surface area contributed by atoms with Gasteiger partial charge in [-0.05, 0) is 61.6 Å². The number of rotatable bonds is 8. The molecule has 1 unspecified atom stereocenters. The lowest BCUT2D eigenvalue weighted by molar-refractivity contribution is 0.0534. The SMILES string of the molecule is C/C(=C(/C(C)C)N(c1ccc(F)c(C)c1)C(C)OCc1ccccc1)C1CNC1. The first-order chi connectivity index (χ1) is 13.9. The largest absolute Gasteiger partial charge is 0.354 e. The zero-order chi connectivity index (χ0) is 21.0. The van der Waals surface area contributed by atoms with E-state index in [1.165, 1.54) is 11.3 Å². The smallest absolute Gasteiger partial charge is 0.131 e. The number of ether oxygens (including phenoxy) is 1. The molecule has 0 bridgehead atoms. The third-order valence-corrected chi connectivity index (χ3v) is 5.72. The van der Waals surface area contributed by atoms with E-state index in [4.69, 9.17) is 4.74 Å². The Bertz CT molecular complexity index is 843. The molecule has 0 saturated carbocycles. The second-order valence-electron chi connectivity index (χ2n) is 8.28. The van der Waals surface area contributed by atoms with E-state index in [1.54, 1.807) is 6.07 Å². The molecule has 2 aromatic rings. The molecule has 1 atom stereocenters. The summed E-state index contributed by atoms with van der Waals surface area (Å²) in [6.07, 6.45) is -0.180. The molecule has 0 aromatic heterocycles. The minimum absolute atomic E-state index is 0.179. The molecule has 0 spiro atoms. The molecule has 0 radical (unpaired) electrons. The maximum Gasteiger partial charge on any atom is 0.131 e. The Morgan fingerprint density at radius 2 is 1.83 bits per heavy atom. The topological polar surface area (TPSA) is 24.5 Å². The molecule has 1 fully saturated rings. The van der Waals surface area contributed by atoms with Crippen molar-refractivity contribution in [2.45, 2.75) is 47.5 Å². The van der Waals surface area contributed by atoms with Crippen LogP contribution in [0.1, 0.15) is 38.8 Å². The third-order valence-electron chi connectivity index (χ3n) is 5.72. The van der Waals surface area contributed by atoms with Crippen molar-refractivity contribution in [3.63, 3.8) is 0 Å². The van der Waals surface area contributed by atoms with Gasteiger partial charge in [-0.2, -0.15) is 0 Å². The zero-order valence-electron chi connectivity index (χ0n) is 18.2. The van der Waals surface area contributed by atoms with Crippen molar-refractivity contribution in [2.24, 2.45) is 11.8 Å². The molecule has 4 heteroatoms. The van der Waals surface area contributed by atoms with Crippen LogP contribution < -0.4 is 10.2 Å². The van der Waals surface area contributed by atoms with E-state index in [1.807, 2.05) is 37.3 Å². The summed E-state index contributed by atoms with van der Waals surface area (Å²) in [5, 5.41) is 3.37. The maximum absolute atomic E-state index is 14.0. The van der Waals surface area contributed by atoms with Gasteiger partial charge in [0.05, 0.1) is 6.61 Å². The van der Waals surface area contributed by atoms with E-state index < -0.39 is 0 Å². The first-order valence-electron chi connectivity index (χ1n) is 10.5. The number of benzene rings is 2. The van der Waals surface area contributed by atoms with Crippen LogP contribution in [-0.4, -0.2) is 19.3 Å². The summed E-state index contributed by atoms with van der Waals surface area (Å²) in [7, 11) is 0. The Kier molecular flexibility index (Phi) is 7.09. The van der Waals surface area contributed by atoms with Gasteiger partial charge in [-0.15, -0.1) is 0 Å². The summed E-state index contributed by atoms with van der Waals surface area (Å²) in [4.78, 5) is 2.26. The van der Waals surface area contributed by atoms with Gasteiger partial charge in [0.25, 0.3) is 0 Å². The number of hydrogen-bond donors (Lipinski definition) is 1. The maximum atomic E-state index is 14.0. The number of aryl methyl sites for hydroxylation is 1. The first kappa shape index (κ1) is 21.5. The van der Waals surface area contributed by atoms with Gasteiger partial charge < -0.3 is 15.0 Å². The Morgan fingerprint density at radius 3 is 2.38 bits per heavy atom. The van der Waals surface area contributed by atoms with E-state index in [0.717, 1.165) is 24.3 Å². The summed E-state index contributed by atoms with van der Waals surface area (Å²) in [6.45, 7) is 13.1. The highest BCUT2D eigenvalue weighted by Gasteiger charge is 2.29. The molecule has 3 rings (SSSR count). The Morgan fingerprint density at radius 1 is 1.14 bits per heavy atom. The molecule has 1 saturated heterocycles. The number of halogens is 1. The van der Waals surface area contributed by atoms with Crippen molar-refractivity contribution >= 4 is 5.69 Å². The Balaban J connectivity index is 1.96. The molecule has 0 aliphatic carbocycles. The molecule has 156 valence electrons. The molecule has 29 heavy (non-hydrogen) atoms. The van der Waals surface area contributed by atoms with E-state index in [2.05, 4.69) is 50.0 Å². The normalized spacial score (nSPS) is 16.4. The standard InChI is InChI=1S/C25H33FN2O/c1-17(2)25(19(4)22-14-27-15-22)28(23-11-12-24(26)18(3)13-23)20(5)29-16-21-9-7-6-8-10-21/h6-13,17,20,22,27H,14-16H2,1-5H3/b25-19+. The van der Waals surface area contributed by atoms with Crippen molar-refractivity contribution < 1.29 is 9.13 Å². The molecule has 2 aromatic carbocycles. The predicted octanol–water partition coefficient (Wildman–Crippen LogP) is 5.65. The van der Waals surface area contributed by atoms with Crippen LogP contribution in [0, 0.1) is 24.6 Å². The van der Waals surface area contributed by atoms with Crippen LogP contribution in [0.3, 0.4) is 0 Å². The summed E-state index contributed by atoms with van der Waals surface area (Å²) in [5.74, 6) is 0.683. The molecule has 0 amide bonds. The van der Waals surface area contributed by atoms with Gasteiger partial charge >= 0.3 is 0 Å². The van der Waals surface area contributed by atoms with Gasteiger partial charge in [-0.25, -0.2) is 4.39 Å². The van der Waals surface area contributed by atoms with Crippen LogP contribution in [0.15, 0.2) is 59.8 Å². The first-order valence-corrected chi connectivity index (χ1v) is 10.5. The van der Waals surface area contributed by atoms with Gasteiger partial charge in [0.2, 0.25) is 0 Å². The minimum atomic E-state index is -0.180. The second-order valence-corrected chi connectivity index (χ2v) is 8.28. The summed E-state index contributed by atoms with van der Waals surface area (Å²) in [6, 6.07) is 15.5.